The van der Waals surface area contributed by atoms with Crippen molar-refractivity contribution in [1.29, 1.82) is 0 Å². The number of likely N-dealkylation sites (tertiary alicyclic amines) is 1. The summed E-state index contributed by atoms with van der Waals surface area (Å²) < 4.78 is 1.67. The van der Waals surface area contributed by atoms with Gasteiger partial charge >= 0.3 is 0 Å². The van der Waals surface area contributed by atoms with Crippen LogP contribution in [0.25, 0.3) is 16.7 Å². The van der Waals surface area contributed by atoms with E-state index in [-0.39, 0.29) is 23.4 Å². The fraction of sp³-hybridized carbons (Fsp3) is 0.429. The number of H-pyrrole nitrogens is 1. The molecule has 0 radical (unpaired) electrons. The Hall–Kier alpha value is -3.16. The number of nitrogens with one attached hydrogen (secondary N) is 2. The van der Waals surface area contributed by atoms with Gasteiger partial charge in [-0.3, -0.25) is 14.6 Å². The summed E-state index contributed by atoms with van der Waals surface area (Å²) in [6, 6.07) is 9.70. The maximum atomic E-state index is 12.7. The number of aromatic amines is 1. The Bertz CT molecular complexity index is 1080. The van der Waals surface area contributed by atoms with Crippen molar-refractivity contribution < 1.29 is 4.79 Å². The largest absolute Gasteiger partial charge is 0.351 e. The highest BCUT2D eigenvalue weighted by atomic mass is 16.2. The van der Waals surface area contributed by atoms with Gasteiger partial charge in [0.1, 0.15) is 5.39 Å². The molecular weight excluding hydrogens is 368 g/mol. The highest BCUT2D eigenvalue weighted by Crippen LogP contribution is 2.28. The maximum absolute atomic E-state index is 12.7. The van der Waals surface area contributed by atoms with E-state index in [0.29, 0.717) is 23.5 Å². The van der Waals surface area contributed by atoms with E-state index in [4.69, 9.17) is 0 Å². The summed E-state index contributed by atoms with van der Waals surface area (Å²) in [5, 5.41) is 8.10. The molecule has 8 heteroatoms. The van der Waals surface area contributed by atoms with Gasteiger partial charge in [0.15, 0.2) is 5.65 Å². The molecule has 1 saturated carbocycles. The summed E-state index contributed by atoms with van der Waals surface area (Å²) in [6.45, 7) is 1.40. The number of benzene rings is 1. The van der Waals surface area contributed by atoms with Crippen LogP contribution in [0, 0.1) is 5.92 Å². The van der Waals surface area contributed by atoms with Crippen LogP contribution in [0.2, 0.25) is 0 Å². The van der Waals surface area contributed by atoms with E-state index in [0.717, 1.165) is 44.3 Å². The molecule has 1 amide bonds. The molecule has 5 rings (SSSR count). The molecule has 29 heavy (non-hydrogen) atoms. The molecule has 3 aromatic rings. The molecule has 8 nitrogen and oxygen atoms in total. The number of anilines is 1. The second kappa shape index (κ2) is 7.35. The number of hydrogen-bond donors (Lipinski definition) is 2. The van der Waals surface area contributed by atoms with Gasteiger partial charge < -0.3 is 10.2 Å². The zero-order valence-electron chi connectivity index (χ0n) is 16.2. The summed E-state index contributed by atoms with van der Waals surface area (Å²) >= 11 is 0. The van der Waals surface area contributed by atoms with Crippen LogP contribution in [0.5, 0.6) is 0 Å². The number of fused-ring (bicyclic) bond motifs is 1. The summed E-state index contributed by atoms with van der Waals surface area (Å²) in [4.78, 5) is 34.5. The number of rotatable bonds is 4. The standard InChI is InChI=1S/C21H24N6O2/c28-19-17-12-22-27(16-8-2-1-3-9-16)18(17)24-21(25-19)23-15-10-11-26(13-15)20(29)14-6-4-5-7-14/h1-3,8-9,12,14-15H,4-7,10-11,13H2,(H2,23,24,25,28). The lowest BCUT2D eigenvalue weighted by atomic mass is 10.1. The van der Waals surface area contributed by atoms with E-state index < -0.39 is 0 Å². The van der Waals surface area contributed by atoms with Crippen molar-refractivity contribution in [2.45, 2.75) is 38.1 Å². The first kappa shape index (κ1) is 17.9. The second-order valence-electron chi connectivity index (χ2n) is 7.94. The molecule has 2 N–H and O–H groups in total. The van der Waals surface area contributed by atoms with E-state index in [1.165, 1.54) is 6.20 Å². The highest BCUT2D eigenvalue weighted by Gasteiger charge is 2.32. The number of hydrogen-bond acceptors (Lipinski definition) is 5. The fourth-order valence-corrected chi connectivity index (χ4v) is 4.45. The summed E-state index contributed by atoms with van der Waals surface area (Å²) in [7, 11) is 0. The Balaban J connectivity index is 1.36. The third-order valence-electron chi connectivity index (χ3n) is 5.98. The topological polar surface area (TPSA) is 95.9 Å². The van der Waals surface area contributed by atoms with E-state index in [2.05, 4.69) is 20.4 Å². The fourth-order valence-electron chi connectivity index (χ4n) is 4.45. The van der Waals surface area contributed by atoms with Crippen LogP contribution in [-0.4, -0.2) is 49.7 Å². The molecule has 0 bridgehead atoms. The Morgan fingerprint density at radius 2 is 1.93 bits per heavy atom. The smallest absolute Gasteiger partial charge is 0.263 e. The molecule has 1 aliphatic carbocycles. The average Bonchev–Trinajstić information content (AvgIpc) is 3.49. The monoisotopic (exact) mass is 392 g/mol. The lowest BCUT2D eigenvalue weighted by Crippen LogP contribution is -2.35. The Kier molecular flexibility index (Phi) is 4.54. The highest BCUT2D eigenvalue weighted by molar-refractivity contribution is 5.79. The predicted octanol–water partition coefficient (Wildman–Crippen LogP) is 2.31. The lowest BCUT2D eigenvalue weighted by molar-refractivity contribution is -0.134. The van der Waals surface area contributed by atoms with Gasteiger partial charge in [-0.05, 0) is 31.4 Å². The molecule has 1 saturated heterocycles. The van der Waals surface area contributed by atoms with Gasteiger partial charge in [-0.25, -0.2) is 4.68 Å². The molecule has 3 heterocycles. The van der Waals surface area contributed by atoms with E-state index in [1.807, 2.05) is 35.2 Å². The molecule has 0 spiro atoms. The minimum atomic E-state index is -0.225. The zero-order chi connectivity index (χ0) is 19.8. The number of nitrogens with zero attached hydrogens (tertiary/aromatic N) is 4. The molecule has 2 fully saturated rings. The first-order valence-electron chi connectivity index (χ1n) is 10.3. The number of aromatic nitrogens is 4. The van der Waals surface area contributed by atoms with Crippen LogP contribution in [0.1, 0.15) is 32.1 Å². The number of carbonyl (C=O) groups excluding carboxylic acids is 1. The van der Waals surface area contributed by atoms with Crippen molar-refractivity contribution in [3.05, 3.63) is 46.9 Å². The van der Waals surface area contributed by atoms with Gasteiger partial charge in [-0.1, -0.05) is 31.0 Å². The number of carbonyl (C=O) groups is 1. The van der Waals surface area contributed by atoms with E-state index >= 15 is 0 Å². The van der Waals surface area contributed by atoms with Crippen molar-refractivity contribution >= 4 is 22.9 Å². The van der Waals surface area contributed by atoms with Crippen LogP contribution in [0.3, 0.4) is 0 Å². The molecule has 1 atom stereocenters. The normalized spacial score (nSPS) is 19.9. The van der Waals surface area contributed by atoms with Gasteiger partial charge in [0.25, 0.3) is 5.56 Å². The minimum Gasteiger partial charge on any atom is -0.351 e. The summed E-state index contributed by atoms with van der Waals surface area (Å²) in [5.41, 5.74) is 1.14. The quantitative estimate of drug-likeness (QED) is 0.710. The Morgan fingerprint density at radius 3 is 2.72 bits per heavy atom. The lowest BCUT2D eigenvalue weighted by Gasteiger charge is -2.20. The minimum absolute atomic E-state index is 0.0778. The van der Waals surface area contributed by atoms with Gasteiger partial charge in [-0.2, -0.15) is 10.1 Å². The average molecular weight is 392 g/mol. The van der Waals surface area contributed by atoms with E-state index in [9.17, 15) is 9.59 Å². The summed E-state index contributed by atoms with van der Waals surface area (Å²) in [5.74, 6) is 0.898. The van der Waals surface area contributed by atoms with E-state index in [1.54, 1.807) is 4.68 Å². The van der Waals surface area contributed by atoms with Gasteiger partial charge in [0.2, 0.25) is 11.9 Å². The van der Waals surface area contributed by atoms with Crippen molar-refractivity contribution in [1.82, 2.24) is 24.6 Å². The number of amides is 1. The molecular formula is C21H24N6O2. The van der Waals surface area contributed by atoms with Crippen LogP contribution in [-0.2, 0) is 4.79 Å². The van der Waals surface area contributed by atoms with Crippen LogP contribution in [0.4, 0.5) is 5.95 Å². The number of para-hydroxylation sites is 1. The van der Waals surface area contributed by atoms with Crippen molar-refractivity contribution in [3.8, 4) is 5.69 Å². The third kappa shape index (κ3) is 3.39. The molecule has 150 valence electrons. The second-order valence-corrected chi connectivity index (χ2v) is 7.94. The molecule has 2 aromatic heterocycles. The zero-order valence-corrected chi connectivity index (χ0v) is 16.2. The maximum Gasteiger partial charge on any atom is 0.263 e. The molecule has 2 aliphatic rings. The van der Waals surface area contributed by atoms with Crippen molar-refractivity contribution in [2.75, 3.05) is 18.4 Å². The van der Waals surface area contributed by atoms with Crippen molar-refractivity contribution in [3.63, 3.8) is 0 Å². The van der Waals surface area contributed by atoms with Crippen LogP contribution in [0.15, 0.2) is 41.3 Å². The predicted molar refractivity (Wildman–Crippen MR) is 110 cm³/mol. The van der Waals surface area contributed by atoms with Crippen LogP contribution < -0.4 is 10.9 Å². The molecule has 1 aromatic carbocycles. The Morgan fingerprint density at radius 1 is 1.14 bits per heavy atom. The first-order chi connectivity index (χ1) is 14.2. The Labute approximate surface area is 167 Å². The third-order valence-corrected chi connectivity index (χ3v) is 5.98. The molecule has 1 unspecified atom stereocenters. The summed E-state index contributed by atoms with van der Waals surface area (Å²) in [6.07, 6.45) is 6.73. The van der Waals surface area contributed by atoms with Gasteiger partial charge in [0.05, 0.1) is 11.9 Å². The first-order valence-corrected chi connectivity index (χ1v) is 10.3. The van der Waals surface area contributed by atoms with Gasteiger partial charge in [-0.15, -0.1) is 0 Å². The SMILES string of the molecule is O=C(C1CCCC1)N1CCC(Nc2nc3c(cnn3-c3ccccc3)c(=O)[nH]2)C1. The van der Waals surface area contributed by atoms with Crippen LogP contribution >= 0.6 is 0 Å². The molecule has 1 aliphatic heterocycles. The van der Waals surface area contributed by atoms with Gasteiger partial charge in [0, 0.05) is 25.0 Å². The van der Waals surface area contributed by atoms with Crippen molar-refractivity contribution in [2.24, 2.45) is 5.92 Å².